The van der Waals surface area contributed by atoms with E-state index in [4.69, 9.17) is 6.42 Å². The second-order valence-corrected chi connectivity index (χ2v) is 6.47. The van der Waals surface area contributed by atoms with Gasteiger partial charge in [-0.1, -0.05) is 37.3 Å². The van der Waals surface area contributed by atoms with Crippen LogP contribution in [-0.2, 0) is 6.18 Å². The first-order chi connectivity index (χ1) is 11.9. The molecule has 1 aliphatic carbocycles. The van der Waals surface area contributed by atoms with Gasteiger partial charge in [-0.3, -0.25) is 0 Å². The van der Waals surface area contributed by atoms with Gasteiger partial charge in [0.25, 0.3) is 0 Å². The number of halogens is 4. The van der Waals surface area contributed by atoms with Crippen LogP contribution in [0.1, 0.15) is 54.7 Å². The van der Waals surface area contributed by atoms with E-state index in [2.05, 4.69) is 5.92 Å². The summed E-state index contributed by atoms with van der Waals surface area (Å²) >= 11 is 0. The van der Waals surface area contributed by atoms with Crippen LogP contribution >= 0.6 is 0 Å². The lowest BCUT2D eigenvalue weighted by Crippen LogP contribution is -2.08. The Morgan fingerprint density at radius 2 is 1.56 bits per heavy atom. The van der Waals surface area contributed by atoms with Gasteiger partial charge in [0.1, 0.15) is 5.82 Å². The molecule has 0 N–H and O–H groups in total. The van der Waals surface area contributed by atoms with E-state index in [1.807, 2.05) is 6.07 Å². The van der Waals surface area contributed by atoms with Gasteiger partial charge in [0.15, 0.2) is 0 Å². The molecule has 0 aromatic heterocycles. The smallest absolute Gasteiger partial charge is 0.206 e. The molecule has 0 amide bonds. The minimum atomic E-state index is -4.72. The van der Waals surface area contributed by atoms with Crippen molar-refractivity contribution in [3.8, 4) is 23.5 Å². The molecule has 0 unspecified atom stereocenters. The average molecular weight is 346 g/mol. The van der Waals surface area contributed by atoms with Crippen LogP contribution < -0.4 is 0 Å². The lowest BCUT2D eigenvalue weighted by atomic mass is 9.81. The zero-order valence-corrected chi connectivity index (χ0v) is 13.7. The van der Waals surface area contributed by atoms with Gasteiger partial charge in [0.05, 0.1) is 5.56 Å². The van der Waals surface area contributed by atoms with Crippen LogP contribution in [0.5, 0.6) is 0 Å². The zero-order chi connectivity index (χ0) is 18.0. The monoisotopic (exact) mass is 346 g/mol. The first-order valence-corrected chi connectivity index (χ1v) is 8.38. The zero-order valence-electron chi connectivity index (χ0n) is 13.7. The van der Waals surface area contributed by atoms with E-state index in [1.54, 1.807) is 12.1 Å². The van der Waals surface area contributed by atoms with Gasteiger partial charge in [-0.25, -0.2) is 4.39 Å². The molecule has 0 heterocycles. The van der Waals surface area contributed by atoms with Crippen LogP contribution in [0, 0.1) is 18.2 Å². The van der Waals surface area contributed by atoms with E-state index in [-0.39, 0.29) is 0 Å². The summed E-state index contributed by atoms with van der Waals surface area (Å²) in [7, 11) is 0. The third-order valence-corrected chi connectivity index (χ3v) is 4.86. The minimum absolute atomic E-state index is 0.335. The molecular weight excluding hydrogens is 328 g/mol. The Balaban J connectivity index is 2.05. The largest absolute Gasteiger partial charge is 0.419 e. The molecule has 2 aromatic rings. The fourth-order valence-corrected chi connectivity index (χ4v) is 3.55. The molecule has 0 atom stereocenters. The Bertz CT molecular complexity index is 806. The quantitative estimate of drug-likeness (QED) is 0.428. The number of hydrogen-bond donors (Lipinski definition) is 0. The highest BCUT2D eigenvalue weighted by molar-refractivity contribution is 5.67. The highest BCUT2D eigenvalue weighted by atomic mass is 19.4. The van der Waals surface area contributed by atoms with Gasteiger partial charge in [-0.2, -0.15) is 13.2 Å². The standard InChI is InChI=1S/C21H18F4/c1-2-14-8-9-16(12-18(14)15-6-4-3-5-7-15)17-10-11-20(22)19(13-17)21(23,24)25/h1,8-13,15H,3-7H2. The average Bonchev–Trinajstić information content (AvgIpc) is 2.61. The molecule has 130 valence electrons. The molecule has 4 heteroatoms. The first-order valence-electron chi connectivity index (χ1n) is 8.38. The van der Waals surface area contributed by atoms with E-state index >= 15 is 0 Å². The van der Waals surface area contributed by atoms with E-state index in [0.717, 1.165) is 48.9 Å². The number of terminal acetylenes is 1. The van der Waals surface area contributed by atoms with E-state index < -0.39 is 17.6 Å². The molecule has 0 spiro atoms. The fourth-order valence-electron chi connectivity index (χ4n) is 3.55. The maximum Gasteiger partial charge on any atom is 0.419 e. The summed E-state index contributed by atoms with van der Waals surface area (Å²) in [5, 5.41) is 0. The summed E-state index contributed by atoms with van der Waals surface area (Å²) in [4.78, 5) is 0. The minimum Gasteiger partial charge on any atom is -0.206 e. The predicted molar refractivity (Wildman–Crippen MR) is 90.6 cm³/mol. The molecule has 0 bridgehead atoms. The number of hydrogen-bond acceptors (Lipinski definition) is 0. The van der Waals surface area contributed by atoms with E-state index in [9.17, 15) is 17.6 Å². The van der Waals surface area contributed by atoms with E-state index in [1.165, 1.54) is 12.5 Å². The SMILES string of the molecule is C#Cc1ccc(-c2ccc(F)c(C(F)(F)F)c2)cc1C1CCCCC1. The Hall–Kier alpha value is -2.28. The van der Waals surface area contributed by atoms with Crippen LogP contribution in [0.25, 0.3) is 11.1 Å². The van der Waals surface area contributed by atoms with Crippen molar-refractivity contribution >= 4 is 0 Å². The molecule has 0 radical (unpaired) electrons. The second-order valence-electron chi connectivity index (χ2n) is 6.47. The van der Waals surface area contributed by atoms with Crippen molar-refractivity contribution in [3.05, 3.63) is 58.9 Å². The van der Waals surface area contributed by atoms with Gasteiger partial charge >= 0.3 is 6.18 Å². The Morgan fingerprint density at radius 3 is 2.20 bits per heavy atom. The third kappa shape index (κ3) is 3.71. The highest BCUT2D eigenvalue weighted by Crippen LogP contribution is 2.38. The Kier molecular flexibility index (Phi) is 4.85. The topological polar surface area (TPSA) is 0 Å². The molecular formula is C21H18F4. The van der Waals surface area contributed by atoms with Crippen molar-refractivity contribution in [1.82, 2.24) is 0 Å². The summed E-state index contributed by atoms with van der Waals surface area (Å²) < 4.78 is 52.4. The molecule has 0 aliphatic heterocycles. The molecule has 0 nitrogen and oxygen atoms in total. The lowest BCUT2D eigenvalue weighted by molar-refractivity contribution is -0.139. The van der Waals surface area contributed by atoms with Crippen LogP contribution in [0.15, 0.2) is 36.4 Å². The van der Waals surface area contributed by atoms with Crippen molar-refractivity contribution in [3.63, 3.8) is 0 Å². The number of benzene rings is 2. The summed E-state index contributed by atoms with van der Waals surface area (Å²) in [6.45, 7) is 0. The van der Waals surface area contributed by atoms with Gasteiger partial charge in [-0.05, 0) is 59.7 Å². The van der Waals surface area contributed by atoms with Crippen molar-refractivity contribution < 1.29 is 17.6 Å². The number of rotatable bonds is 2. The van der Waals surface area contributed by atoms with Crippen LogP contribution in [0.4, 0.5) is 17.6 Å². The second kappa shape index (κ2) is 6.92. The van der Waals surface area contributed by atoms with Crippen molar-refractivity contribution in [1.29, 1.82) is 0 Å². The maximum absolute atomic E-state index is 13.5. The number of alkyl halides is 3. The molecule has 1 fully saturated rings. The van der Waals surface area contributed by atoms with Gasteiger partial charge in [-0.15, -0.1) is 6.42 Å². The molecule has 1 saturated carbocycles. The summed E-state index contributed by atoms with van der Waals surface area (Å²) in [6, 6.07) is 8.46. The van der Waals surface area contributed by atoms with Gasteiger partial charge < -0.3 is 0 Å². The molecule has 2 aromatic carbocycles. The van der Waals surface area contributed by atoms with Crippen LogP contribution in [0.2, 0.25) is 0 Å². The first kappa shape index (κ1) is 17.5. The van der Waals surface area contributed by atoms with Gasteiger partial charge in [0, 0.05) is 5.56 Å². The fraction of sp³-hybridized carbons (Fsp3) is 0.333. The predicted octanol–water partition coefficient (Wildman–Crippen LogP) is 6.54. The summed E-state index contributed by atoms with van der Waals surface area (Å²) in [5.41, 5.74) is 1.52. The van der Waals surface area contributed by atoms with Gasteiger partial charge in [0.2, 0.25) is 0 Å². The van der Waals surface area contributed by atoms with Crippen LogP contribution in [0.3, 0.4) is 0 Å². The molecule has 0 saturated heterocycles. The molecule has 25 heavy (non-hydrogen) atoms. The third-order valence-electron chi connectivity index (χ3n) is 4.86. The van der Waals surface area contributed by atoms with E-state index in [0.29, 0.717) is 17.0 Å². The Morgan fingerprint density at radius 1 is 0.920 bits per heavy atom. The molecule has 3 rings (SSSR count). The normalized spacial score (nSPS) is 15.8. The van der Waals surface area contributed by atoms with Crippen LogP contribution in [-0.4, -0.2) is 0 Å². The highest BCUT2D eigenvalue weighted by Gasteiger charge is 2.34. The van der Waals surface area contributed by atoms with Crippen molar-refractivity contribution in [2.24, 2.45) is 0 Å². The van der Waals surface area contributed by atoms with Crippen molar-refractivity contribution in [2.75, 3.05) is 0 Å². The summed E-state index contributed by atoms with van der Waals surface area (Å²) in [5.74, 6) is 1.75. The van der Waals surface area contributed by atoms with Crippen molar-refractivity contribution in [2.45, 2.75) is 44.2 Å². The lowest BCUT2D eigenvalue weighted by Gasteiger charge is -2.24. The summed E-state index contributed by atoms with van der Waals surface area (Å²) in [6.07, 6.45) is 6.42. The Labute approximate surface area is 144 Å². The maximum atomic E-state index is 13.5. The molecule has 1 aliphatic rings.